The van der Waals surface area contributed by atoms with E-state index in [4.69, 9.17) is 4.74 Å². The smallest absolute Gasteiger partial charge is 0.322 e. The third-order valence-corrected chi connectivity index (χ3v) is 4.57. The zero-order chi connectivity index (χ0) is 17.2. The van der Waals surface area contributed by atoms with Crippen molar-refractivity contribution < 1.29 is 9.53 Å². The second-order valence-electron chi connectivity index (χ2n) is 6.42. The fraction of sp³-hybridized carbons (Fsp3) is 0.368. The molecular weight excluding hydrogens is 316 g/mol. The molecule has 2 N–H and O–H groups in total. The van der Waals surface area contributed by atoms with Crippen molar-refractivity contribution in [1.82, 2.24) is 15.3 Å². The molecule has 1 aromatic carbocycles. The van der Waals surface area contributed by atoms with Crippen LogP contribution >= 0.6 is 0 Å². The summed E-state index contributed by atoms with van der Waals surface area (Å²) < 4.78 is 5.79. The molecule has 4 rings (SSSR count). The molecule has 1 aromatic heterocycles. The second-order valence-corrected chi connectivity index (χ2v) is 6.42. The molecule has 2 aromatic rings. The first-order valence-corrected chi connectivity index (χ1v) is 8.79. The highest BCUT2D eigenvalue weighted by molar-refractivity contribution is 5.94. The molecule has 1 fully saturated rings. The van der Waals surface area contributed by atoms with Gasteiger partial charge in [0.1, 0.15) is 5.75 Å². The lowest BCUT2D eigenvalue weighted by atomic mass is 9.98. The number of carbonyl (C=O) groups is 1. The molecule has 6 heteroatoms. The van der Waals surface area contributed by atoms with Crippen LogP contribution in [0, 0.1) is 0 Å². The summed E-state index contributed by atoms with van der Waals surface area (Å²) in [5.41, 5.74) is 4.08. The highest BCUT2D eigenvalue weighted by Gasteiger charge is 2.26. The first kappa shape index (κ1) is 15.7. The van der Waals surface area contributed by atoms with Crippen LogP contribution in [0.5, 0.6) is 5.75 Å². The predicted octanol–water partition coefficient (Wildman–Crippen LogP) is 3.43. The molecule has 6 nitrogen and oxygen atoms in total. The minimum absolute atomic E-state index is 0.0271. The summed E-state index contributed by atoms with van der Waals surface area (Å²) in [6.07, 6.45) is 8.56. The molecule has 1 saturated carbocycles. The van der Waals surface area contributed by atoms with Gasteiger partial charge in [-0.15, -0.1) is 0 Å². The van der Waals surface area contributed by atoms with Gasteiger partial charge in [-0.25, -0.2) is 9.78 Å². The number of amides is 2. The summed E-state index contributed by atoms with van der Waals surface area (Å²) in [4.78, 5) is 21.4. The highest BCUT2D eigenvalue weighted by Crippen LogP contribution is 2.37. The minimum atomic E-state index is -0.0271. The number of nitrogens with zero attached hydrogens (tertiary/aromatic N) is 2. The van der Waals surface area contributed by atoms with Crippen molar-refractivity contribution in [2.24, 2.45) is 0 Å². The number of anilines is 1. The Labute approximate surface area is 146 Å². The largest absolute Gasteiger partial charge is 0.493 e. The molecule has 0 bridgehead atoms. The first-order chi connectivity index (χ1) is 12.2. The van der Waals surface area contributed by atoms with Gasteiger partial charge in [-0.05, 0) is 49.6 Å². The summed E-state index contributed by atoms with van der Waals surface area (Å²) in [5, 5.41) is 3.06. The van der Waals surface area contributed by atoms with Crippen LogP contribution < -0.4 is 15.0 Å². The van der Waals surface area contributed by atoms with E-state index < -0.39 is 0 Å². The normalized spacial score (nSPS) is 17.7. The van der Waals surface area contributed by atoms with Crippen LogP contribution in [0.25, 0.3) is 11.6 Å². The van der Waals surface area contributed by atoms with Gasteiger partial charge in [0.05, 0.1) is 24.8 Å². The quantitative estimate of drug-likeness (QED) is 0.897. The number of hydrogen-bond donors (Lipinski definition) is 2. The maximum atomic E-state index is 12.5. The zero-order valence-electron chi connectivity index (χ0n) is 14.3. The average molecular weight is 338 g/mol. The van der Waals surface area contributed by atoms with Crippen molar-refractivity contribution in [2.75, 3.05) is 18.1 Å². The second kappa shape index (κ2) is 6.63. The van der Waals surface area contributed by atoms with E-state index in [0.717, 1.165) is 42.0 Å². The number of aromatic nitrogens is 2. The Hall–Kier alpha value is -2.76. The molecule has 2 aliphatic rings. The summed E-state index contributed by atoms with van der Waals surface area (Å²) >= 11 is 0. The molecule has 1 aliphatic carbocycles. The fourth-order valence-corrected chi connectivity index (χ4v) is 3.08. The van der Waals surface area contributed by atoms with E-state index in [2.05, 4.69) is 21.4 Å². The van der Waals surface area contributed by atoms with Crippen LogP contribution in [0.3, 0.4) is 0 Å². The van der Waals surface area contributed by atoms with Gasteiger partial charge >= 0.3 is 6.03 Å². The number of nitrogens with one attached hydrogen (secondary N) is 2. The monoisotopic (exact) mass is 338 g/mol. The van der Waals surface area contributed by atoms with E-state index in [0.29, 0.717) is 19.2 Å². The lowest BCUT2D eigenvalue weighted by Crippen LogP contribution is -2.41. The summed E-state index contributed by atoms with van der Waals surface area (Å²) in [6.45, 7) is 3.27. The van der Waals surface area contributed by atoms with E-state index in [-0.39, 0.29) is 6.03 Å². The number of fused-ring (bicyclic) bond motifs is 1. The van der Waals surface area contributed by atoms with Crippen LogP contribution in [0.15, 0.2) is 30.7 Å². The molecule has 0 saturated heterocycles. The lowest BCUT2D eigenvalue weighted by molar-refractivity contribution is 0.246. The summed E-state index contributed by atoms with van der Waals surface area (Å²) in [6, 6.07) is 6.28. The Morgan fingerprint density at radius 3 is 3.08 bits per heavy atom. The molecule has 130 valence electrons. The van der Waals surface area contributed by atoms with Gasteiger partial charge in [-0.3, -0.25) is 4.90 Å². The van der Waals surface area contributed by atoms with E-state index in [1.807, 2.05) is 25.1 Å². The zero-order valence-corrected chi connectivity index (χ0v) is 14.3. The standard InChI is InChI=1S/C19H22N4O2/c1-2-23(19(24)22-14-3-4-14)16-5-6-18-17(10-16)13(7-8-25-18)9-15-11-20-12-21-15/h5-6,9-12,14H,2-4,7-8H2,1H3,(H,20,21)(H,22,24)/b13-9-. The molecule has 2 amide bonds. The molecule has 0 spiro atoms. The Kier molecular flexibility index (Phi) is 4.17. The van der Waals surface area contributed by atoms with Crippen molar-refractivity contribution in [3.63, 3.8) is 0 Å². The Morgan fingerprint density at radius 1 is 1.48 bits per heavy atom. The SMILES string of the molecule is CCN(C(=O)NC1CC1)c1ccc2c(c1)/C(=C\c1cnc[nH]1)CCO2. The van der Waals surface area contributed by atoms with Gasteiger partial charge in [-0.2, -0.15) is 0 Å². The highest BCUT2D eigenvalue weighted by atomic mass is 16.5. The number of urea groups is 1. The van der Waals surface area contributed by atoms with Crippen molar-refractivity contribution in [3.8, 4) is 5.75 Å². The lowest BCUT2D eigenvalue weighted by Gasteiger charge is -2.25. The van der Waals surface area contributed by atoms with Gasteiger partial charge < -0.3 is 15.0 Å². The van der Waals surface area contributed by atoms with Crippen LogP contribution in [0.4, 0.5) is 10.5 Å². The Bertz CT molecular complexity index is 794. The maximum Gasteiger partial charge on any atom is 0.322 e. The van der Waals surface area contributed by atoms with E-state index >= 15 is 0 Å². The molecule has 0 radical (unpaired) electrons. The van der Waals surface area contributed by atoms with Crippen molar-refractivity contribution in [1.29, 1.82) is 0 Å². The molecular formula is C19H22N4O2. The molecule has 25 heavy (non-hydrogen) atoms. The number of H-pyrrole nitrogens is 1. The topological polar surface area (TPSA) is 70.2 Å². The first-order valence-electron chi connectivity index (χ1n) is 8.79. The van der Waals surface area contributed by atoms with Gasteiger partial charge in [0.25, 0.3) is 0 Å². The summed E-state index contributed by atoms with van der Waals surface area (Å²) in [7, 11) is 0. The van der Waals surface area contributed by atoms with Crippen LogP contribution in [-0.2, 0) is 0 Å². The van der Waals surface area contributed by atoms with E-state index in [1.54, 1.807) is 17.4 Å². The van der Waals surface area contributed by atoms with Gasteiger partial charge in [0, 0.05) is 30.3 Å². The van der Waals surface area contributed by atoms with Crippen molar-refractivity contribution >= 4 is 23.4 Å². The number of carbonyl (C=O) groups excluding carboxylic acids is 1. The number of ether oxygens (including phenoxy) is 1. The molecule has 0 unspecified atom stereocenters. The number of imidazole rings is 1. The number of benzene rings is 1. The maximum absolute atomic E-state index is 12.5. The number of aromatic amines is 1. The molecule has 0 atom stereocenters. The van der Waals surface area contributed by atoms with Crippen LogP contribution in [0.2, 0.25) is 0 Å². The van der Waals surface area contributed by atoms with Crippen molar-refractivity contribution in [3.05, 3.63) is 42.0 Å². The number of rotatable bonds is 4. The van der Waals surface area contributed by atoms with Crippen LogP contribution in [0.1, 0.15) is 37.4 Å². The van der Waals surface area contributed by atoms with Gasteiger partial charge in [0.2, 0.25) is 0 Å². The van der Waals surface area contributed by atoms with E-state index in [1.165, 1.54) is 5.57 Å². The van der Waals surface area contributed by atoms with Gasteiger partial charge in [0.15, 0.2) is 0 Å². The van der Waals surface area contributed by atoms with Crippen LogP contribution in [-0.4, -0.2) is 35.2 Å². The van der Waals surface area contributed by atoms with Crippen molar-refractivity contribution in [2.45, 2.75) is 32.2 Å². The molecule has 1 aliphatic heterocycles. The predicted molar refractivity (Wildman–Crippen MR) is 97.6 cm³/mol. The van der Waals surface area contributed by atoms with E-state index in [9.17, 15) is 4.79 Å². The minimum Gasteiger partial charge on any atom is -0.493 e. The number of hydrogen-bond acceptors (Lipinski definition) is 3. The fourth-order valence-electron chi connectivity index (χ4n) is 3.08. The Balaban J connectivity index is 1.65. The third-order valence-electron chi connectivity index (χ3n) is 4.57. The Morgan fingerprint density at radius 2 is 2.36 bits per heavy atom. The average Bonchev–Trinajstić information content (AvgIpc) is 3.28. The molecule has 2 heterocycles. The van der Waals surface area contributed by atoms with Gasteiger partial charge in [-0.1, -0.05) is 0 Å². The summed E-state index contributed by atoms with van der Waals surface area (Å²) in [5.74, 6) is 0.861. The third kappa shape index (κ3) is 3.38.